The van der Waals surface area contributed by atoms with E-state index in [4.69, 9.17) is 10.5 Å². The van der Waals surface area contributed by atoms with Crippen molar-refractivity contribution < 1.29 is 4.74 Å². The Bertz CT molecular complexity index is 578. The monoisotopic (exact) mass is 268 g/mol. The van der Waals surface area contributed by atoms with Crippen LogP contribution in [0.4, 0.5) is 0 Å². The first kappa shape index (κ1) is 13.1. The van der Waals surface area contributed by atoms with Crippen LogP contribution in [0.2, 0.25) is 0 Å². The molecule has 3 rings (SSSR count). The van der Waals surface area contributed by atoms with Gasteiger partial charge in [0.2, 0.25) is 5.88 Å². The van der Waals surface area contributed by atoms with E-state index in [-0.39, 0.29) is 0 Å². The second kappa shape index (κ2) is 6.06. The summed E-state index contributed by atoms with van der Waals surface area (Å²) in [6.45, 7) is 0.646. The molecule has 0 saturated carbocycles. The number of nitrogens with two attached hydrogens (primary N) is 1. The van der Waals surface area contributed by atoms with Crippen LogP contribution in [0.15, 0.2) is 36.5 Å². The highest BCUT2D eigenvalue weighted by Gasteiger charge is 2.10. The summed E-state index contributed by atoms with van der Waals surface area (Å²) < 4.78 is 5.84. The molecular formula is C17H20N2O. The molecule has 0 radical (unpaired) electrons. The number of aryl methyl sites for hydroxylation is 2. The summed E-state index contributed by atoms with van der Waals surface area (Å²) in [5, 5.41) is 0. The summed E-state index contributed by atoms with van der Waals surface area (Å²) in [5.74, 6) is 1.52. The van der Waals surface area contributed by atoms with Crippen molar-refractivity contribution in [2.24, 2.45) is 5.73 Å². The normalized spacial score (nSPS) is 13.8. The van der Waals surface area contributed by atoms with Crippen LogP contribution in [0, 0.1) is 0 Å². The zero-order valence-corrected chi connectivity index (χ0v) is 11.6. The van der Waals surface area contributed by atoms with E-state index in [2.05, 4.69) is 17.1 Å². The average molecular weight is 268 g/mol. The van der Waals surface area contributed by atoms with Gasteiger partial charge in [0.15, 0.2) is 0 Å². The Balaban J connectivity index is 1.73. The summed E-state index contributed by atoms with van der Waals surface area (Å²) in [4.78, 5) is 4.33. The molecular weight excluding hydrogens is 248 g/mol. The summed E-state index contributed by atoms with van der Waals surface area (Å²) >= 11 is 0. The second-order valence-corrected chi connectivity index (χ2v) is 5.28. The van der Waals surface area contributed by atoms with Gasteiger partial charge in [0, 0.05) is 12.3 Å². The second-order valence-electron chi connectivity index (χ2n) is 5.28. The van der Waals surface area contributed by atoms with Gasteiger partial charge in [-0.3, -0.25) is 0 Å². The highest BCUT2D eigenvalue weighted by atomic mass is 16.5. The lowest BCUT2D eigenvalue weighted by Gasteiger charge is -2.16. The summed E-state index contributed by atoms with van der Waals surface area (Å²) in [7, 11) is 0. The summed E-state index contributed by atoms with van der Waals surface area (Å²) in [6.07, 6.45) is 7.63. The minimum absolute atomic E-state index is 0.640. The largest absolute Gasteiger partial charge is 0.439 e. The number of rotatable bonds is 4. The van der Waals surface area contributed by atoms with Gasteiger partial charge in [-0.1, -0.05) is 12.1 Å². The lowest BCUT2D eigenvalue weighted by molar-refractivity contribution is 0.461. The topological polar surface area (TPSA) is 48.1 Å². The Hall–Kier alpha value is -1.87. The molecule has 20 heavy (non-hydrogen) atoms. The molecule has 2 aromatic rings. The third kappa shape index (κ3) is 2.99. The predicted molar refractivity (Wildman–Crippen MR) is 80.2 cm³/mol. The Morgan fingerprint density at radius 2 is 1.90 bits per heavy atom. The first-order chi connectivity index (χ1) is 9.85. The number of aromatic nitrogens is 1. The van der Waals surface area contributed by atoms with Crippen LogP contribution in [-0.4, -0.2) is 11.5 Å². The fourth-order valence-corrected chi connectivity index (χ4v) is 2.68. The van der Waals surface area contributed by atoms with Crippen molar-refractivity contribution in [3.8, 4) is 11.6 Å². The van der Waals surface area contributed by atoms with Gasteiger partial charge < -0.3 is 10.5 Å². The molecule has 1 heterocycles. The van der Waals surface area contributed by atoms with E-state index < -0.39 is 0 Å². The molecule has 1 aromatic carbocycles. The SMILES string of the molecule is NCCc1ccc(Oc2ccc3c(c2)CCCC3)nc1. The molecule has 0 fully saturated rings. The van der Waals surface area contributed by atoms with Crippen LogP contribution in [0.25, 0.3) is 0 Å². The Labute approximate surface area is 119 Å². The van der Waals surface area contributed by atoms with Gasteiger partial charge in [0.05, 0.1) is 0 Å². The fourth-order valence-electron chi connectivity index (χ4n) is 2.68. The minimum atomic E-state index is 0.640. The first-order valence-electron chi connectivity index (χ1n) is 7.30. The maximum Gasteiger partial charge on any atom is 0.219 e. The summed E-state index contributed by atoms with van der Waals surface area (Å²) in [5.41, 5.74) is 9.56. The Kier molecular flexibility index (Phi) is 3.97. The smallest absolute Gasteiger partial charge is 0.219 e. The van der Waals surface area contributed by atoms with Gasteiger partial charge in [-0.05, 0) is 67.5 Å². The molecule has 0 amide bonds. The average Bonchev–Trinajstić information content (AvgIpc) is 2.49. The lowest BCUT2D eigenvalue weighted by atomic mass is 9.92. The molecule has 0 spiro atoms. The van der Waals surface area contributed by atoms with Gasteiger partial charge in [-0.25, -0.2) is 4.98 Å². The number of nitrogens with zero attached hydrogens (tertiary/aromatic N) is 1. The van der Waals surface area contributed by atoms with Gasteiger partial charge in [-0.2, -0.15) is 0 Å². The Morgan fingerprint density at radius 3 is 2.65 bits per heavy atom. The molecule has 0 atom stereocenters. The number of pyridine rings is 1. The van der Waals surface area contributed by atoms with Gasteiger partial charge in [0.25, 0.3) is 0 Å². The van der Waals surface area contributed by atoms with Crippen LogP contribution < -0.4 is 10.5 Å². The standard InChI is InChI=1S/C17H20N2O/c18-10-9-13-5-8-17(19-12-13)20-16-7-6-14-3-1-2-4-15(14)11-16/h5-8,11-12H,1-4,9-10,18H2. The van der Waals surface area contributed by atoms with Crippen LogP contribution in [0.5, 0.6) is 11.6 Å². The molecule has 0 aliphatic heterocycles. The molecule has 3 nitrogen and oxygen atoms in total. The molecule has 0 unspecified atom stereocenters. The molecule has 2 N–H and O–H groups in total. The van der Waals surface area contributed by atoms with E-state index in [0.717, 1.165) is 24.2 Å². The van der Waals surface area contributed by atoms with Crippen LogP contribution in [0.3, 0.4) is 0 Å². The molecule has 1 aliphatic rings. The molecule has 1 aromatic heterocycles. The molecule has 1 aliphatic carbocycles. The number of fused-ring (bicyclic) bond motifs is 1. The van der Waals surface area contributed by atoms with E-state index in [1.54, 1.807) is 0 Å². The quantitative estimate of drug-likeness (QED) is 0.926. The highest BCUT2D eigenvalue weighted by Crippen LogP contribution is 2.27. The van der Waals surface area contributed by atoms with E-state index in [1.807, 2.05) is 24.4 Å². The number of ether oxygens (including phenoxy) is 1. The van der Waals surface area contributed by atoms with Gasteiger partial charge in [-0.15, -0.1) is 0 Å². The molecule has 104 valence electrons. The number of hydrogen-bond acceptors (Lipinski definition) is 3. The fraction of sp³-hybridized carbons (Fsp3) is 0.353. The maximum atomic E-state index is 5.84. The number of hydrogen-bond donors (Lipinski definition) is 1. The minimum Gasteiger partial charge on any atom is -0.439 e. The zero-order valence-electron chi connectivity index (χ0n) is 11.6. The molecule has 0 bridgehead atoms. The zero-order chi connectivity index (χ0) is 13.8. The van der Waals surface area contributed by atoms with Crippen LogP contribution in [0.1, 0.15) is 29.5 Å². The van der Waals surface area contributed by atoms with Crippen LogP contribution >= 0.6 is 0 Å². The predicted octanol–water partition coefficient (Wildman–Crippen LogP) is 3.25. The van der Waals surface area contributed by atoms with Crippen molar-refractivity contribution in [3.63, 3.8) is 0 Å². The van der Waals surface area contributed by atoms with Crippen molar-refractivity contribution in [1.29, 1.82) is 0 Å². The van der Waals surface area contributed by atoms with Crippen molar-refractivity contribution in [2.45, 2.75) is 32.1 Å². The van der Waals surface area contributed by atoms with E-state index in [9.17, 15) is 0 Å². The first-order valence-corrected chi connectivity index (χ1v) is 7.30. The van der Waals surface area contributed by atoms with Crippen molar-refractivity contribution >= 4 is 0 Å². The molecule has 3 heteroatoms. The molecule has 0 saturated heterocycles. The van der Waals surface area contributed by atoms with E-state index in [0.29, 0.717) is 12.4 Å². The van der Waals surface area contributed by atoms with Gasteiger partial charge in [0.1, 0.15) is 5.75 Å². The highest BCUT2D eigenvalue weighted by molar-refractivity contribution is 5.38. The summed E-state index contributed by atoms with van der Waals surface area (Å²) in [6, 6.07) is 10.3. The van der Waals surface area contributed by atoms with Gasteiger partial charge >= 0.3 is 0 Å². The van der Waals surface area contributed by atoms with Crippen LogP contribution in [-0.2, 0) is 19.3 Å². The lowest BCUT2D eigenvalue weighted by Crippen LogP contribution is -2.03. The Morgan fingerprint density at radius 1 is 1.05 bits per heavy atom. The third-order valence-corrected chi connectivity index (χ3v) is 3.77. The van der Waals surface area contributed by atoms with E-state index in [1.165, 1.54) is 30.4 Å². The maximum absolute atomic E-state index is 5.84. The van der Waals surface area contributed by atoms with Crippen molar-refractivity contribution in [2.75, 3.05) is 6.54 Å². The van der Waals surface area contributed by atoms with Crippen molar-refractivity contribution in [3.05, 3.63) is 53.2 Å². The number of benzene rings is 1. The van der Waals surface area contributed by atoms with Crippen molar-refractivity contribution in [1.82, 2.24) is 4.98 Å². The third-order valence-electron chi connectivity index (χ3n) is 3.77. The van der Waals surface area contributed by atoms with E-state index >= 15 is 0 Å².